The molecule has 1 saturated heterocycles. The molecule has 8 nitrogen and oxygen atoms in total. The van der Waals surface area contributed by atoms with Crippen LogP contribution in [0.3, 0.4) is 0 Å². The van der Waals surface area contributed by atoms with Crippen LogP contribution < -0.4 is 5.32 Å². The molecule has 3 aliphatic rings. The molecule has 3 N–H and O–H groups in total. The minimum absolute atomic E-state index is 0.0248. The van der Waals surface area contributed by atoms with Crippen molar-refractivity contribution in [2.24, 2.45) is 16.7 Å². The second kappa shape index (κ2) is 9.12. The first kappa shape index (κ1) is 24.4. The van der Waals surface area contributed by atoms with Crippen LogP contribution >= 0.6 is 0 Å². The van der Waals surface area contributed by atoms with Crippen molar-refractivity contribution in [3.8, 4) is 11.5 Å². The van der Waals surface area contributed by atoms with Gasteiger partial charge in [-0.3, -0.25) is 9.59 Å². The third-order valence-electron chi connectivity index (χ3n) is 8.93. The number of carbonyl (C=O) groups is 3. The van der Waals surface area contributed by atoms with E-state index in [9.17, 15) is 24.6 Å². The molecule has 2 aliphatic carbocycles. The number of amides is 2. The average molecular weight is 473 g/mol. The zero-order chi connectivity index (χ0) is 24.7. The van der Waals surface area contributed by atoms with Gasteiger partial charge in [-0.25, -0.2) is 4.79 Å². The summed E-state index contributed by atoms with van der Waals surface area (Å²) in [4.78, 5) is 39.6. The average Bonchev–Trinajstić information content (AvgIpc) is 3.42. The van der Waals surface area contributed by atoms with Crippen LogP contribution in [0.15, 0.2) is 18.2 Å². The van der Waals surface area contributed by atoms with Crippen molar-refractivity contribution >= 4 is 17.8 Å². The van der Waals surface area contributed by atoms with E-state index in [1.54, 1.807) is 11.0 Å². The quantitative estimate of drug-likeness (QED) is 0.415. The van der Waals surface area contributed by atoms with E-state index < -0.39 is 6.04 Å². The molecule has 8 heteroatoms. The van der Waals surface area contributed by atoms with E-state index in [0.29, 0.717) is 30.9 Å². The summed E-state index contributed by atoms with van der Waals surface area (Å²) >= 11 is 0. The first-order chi connectivity index (χ1) is 16.0. The van der Waals surface area contributed by atoms with Gasteiger partial charge in [-0.2, -0.15) is 0 Å². The summed E-state index contributed by atoms with van der Waals surface area (Å²) in [6.45, 7) is 7.09. The minimum atomic E-state index is -0.588. The van der Waals surface area contributed by atoms with Gasteiger partial charge in [0.05, 0.1) is 6.54 Å². The van der Waals surface area contributed by atoms with Gasteiger partial charge in [0.1, 0.15) is 12.1 Å². The second-order valence-corrected chi connectivity index (χ2v) is 10.9. The first-order valence-electron chi connectivity index (χ1n) is 12.3. The Hall–Kier alpha value is -2.77. The lowest BCUT2D eigenvalue weighted by molar-refractivity contribution is -0.164. The Morgan fingerprint density at radius 2 is 1.91 bits per heavy atom. The maximum Gasteiger partial charge on any atom is 0.329 e. The van der Waals surface area contributed by atoms with Crippen molar-refractivity contribution < 1.29 is 29.3 Å². The number of benzene rings is 1. The summed E-state index contributed by atoms with van der Waals surface area (Å²) in [5, 5.41) is 21.6. The fraction of sp³-hybridized carbons (Fsp3) is 0.654. The van der Waals surface area contributed by atoms with Gasteiger partial charge in [0.25, 0.3) is 0 Å². The van der Waals surface area contributed by atoms with Gasteiger partial charge in [-0.05, 0) is 67.6 Å². The Labute approximate surface area is 200 Å². The molecule has 1 aromatic carbocycles. The fourth-order valence-electron chi connectivity index (χ4n) is 6.18. The number of fused-ring (bicyclic) bond motifs is 2. The Balaban J connectivity index is 1.26. The molecule has 0 aromatic heterocycles. The molecule has 1 aliphatic heterocycles. The fourth-order valence-corrected chi connectivity index (χ4v) is 6.18. The normalized spacial score (nSPS) is 29.3. The molecule has 4 rings (SSSR count). The lowest BCUT2D eigenvalue weighted by Gasteiger charge is -2.39. The molecule has 0 spiro atoms. The molecular weight excluding hydrogens is 436 g/mol. The van der Waals surface area contributed by atoms with Gasteiger partial charge in [-0.1, -0.05) is 26.8 Å². The smallest absolute Gasteiger partial charge is 0.329 e. The highest BCUT2D eigenvalue weighted by Crippen LogP contribution is 2.66. The highest BCUT2D eigenvalue weighted by Gasteiger charge is 2.63. The molecule has 2 amide bonds. The van der Waals surface area contributed by atoms with E-state index in [4.69, 9.17) is 4.74 Å². The number of rotatable bonds is 7. The standard InChI is InChI=1S/C26H36N2O6/c1-25(2)17-10-11-26(25,3)21(14-17)34-24(33)18-5-4-12-28(18)23(32)15-27-22(31)9-7-16-6-8-19(29)20(30)13-16/h6,8,13,17-18,21,29-30H,4-5,7,9-12,14-15H2,1-3H3,(H,27,31). The number of phenolic OH excluding ortho intramolecular Hbond substituents is 2. The van der Waals surface area contributed by atoms with Crippen LogP contribution in [-0.4, -0.2) is 58.1 Å². The molecule has 2 saturated carbocycles. The maximum atomic E-state index is 13.1. The SMILES string of the molecule is CC1(C)C2CCC1(C)C(OC(=O)C1CCCN1C(=O)CNC(=O)CCc1ccc(O)c(O)c1)C2. The number of nitrogens with zero attached hydrogens (tertiary/aromatic N) is 1. The van der Waals surface area contributed by atoms with E-state index in [1.807, 2.05) is 0 Å². The molecule has 186 valence electrons. The van der Waals surface area contributed by atoms with Crippen molar-refractivity contribution in [1.82, 2.24) is 10.2 Å². The lowest BCUT2D eigenvalue weighted by Crippen LogP contribution is -2.48. The van der Waals surface area contributed by atoms with Crippen molar-refractivity contribution in [2.75, 3.05) is 13.1 Å². The number of carbonyl (C=O) groups excluding carboxylic acids is 3. The van der Waals surface area contributed by atoms with Gasteiger partial charge in [0, 0.05) is 18.4 Å². The molecule has 1 aromatic rings. The van der Waals surface area contributed by atoms with Crippen molar-refractivity contribution in [3.63, 3.8) is 0 Å². The number of nitrogens with one attached hydrogen (secondary N) is 1. The topological polar surface area (TPSA) is 116 Å². The second-order valence-electron chi connectivity index (χ2n) is 10.9. The Kier molecular flexibility index (Phi) is 6.53. The van der Waals surface area contributed by atoms with Gasteiger partial charge in [0.15, 0.2) is 11.5 Å². The first-order valence-corrected chi connectivity index (χ1v) is 12.3. The van der Waals surface area contributed by atoms with E-state index >= 15 is 0 Å². The predicted molar refractivity (Wildman–Crippen MR) is 125 cm³/mol. The zero-order valence-electron chi connectivity index (χ0n) is 20.3. The summed E-state index contributed by atoms with van der Waals surface area (Å²) in [6, 6.07) is 3.82. The van der Waals surface area contributed by atoms with Crippen LogP contribution in [0.1, 0.15) is 64.9 Å². The Morgan fingerprint density at radius 3 is 2.56 bits per heavy atom. The summed E-state index contributed by atoms with van der Waals surface area (Å²) in [5.74, 6) is -0.777. The molecule has 2 bridgehead atoms. The molecule has 1 heterocycles. The minimum Gasteiger partial charge on any atom is -0.504 e. The van der Waals surface area contributed by atoms with Gasteiger partial charge < -0.3 is 25.2 Å². The van der Waals surface area contributed by atoms with Crippen molar-refractivity contribution in [3.05, 3.63) is 23.8 Å². The monoisotopic (exact) mass is 472 g/mol. The number of likely N-dealkylation sites (tertiary alicyclic amines) is 1. The number of phenols is 2. The number of esters is 1. The van der Waals surface area contributed by atoms with E-state index in [-0.39, 0.29) is 59.2 Å². The van der Waals surface area contributed by atoms with Crippen LogP contribution in [0.2, 0.25) is 0 Å². The van der Waals surface area contributed by atoms with Gasteiger partial charge >= 0.3 is 5.97 Å². The summed E-state index contributed by atoms with van der Waals surface area (Å²) < 4.78 is 6.02. The largest absolute Gasteiger partial charge is 0.504 e. The molecule has 34 heavy (non-hydrogen) atoms. The number of aryl methyl sites for hydroxylation is 1. The summed E-state index contributed by atoms with van der Waals surface area (Å²) in [7, 11) is 0. The highest BCUT2D eigenvalue weighted by molar-refractivity contribution is 5.89. The van der Waals surface area contributed by atoms with Crippen LogP contribution in [0, 0.1) is 16.7 Å². The Bertz CT molecular complexity index is 976. The molecular formula is C26H36N2O6. The summed E-state index contributed by atoms with van der Waals surface area (Å²) in [6.07, 6.45) is 4.85. The number of ether oxygens (including phenoxy) is 1. The number of hydrogen-bond donors (Lipinski definition) is 3. The lowest BCUT2D eigenvalue weighted by atomic mass is 9.70. The third kappa shape index (κ3) is 4.34. The molecule has 4 unspecified atom stereocenters. The summed E-state index contributed by atoms with van der Waals surface area (Å²) in [5.41, 5.74) is 0.826. The maximum absolute atomic E-state index is 13.1. The van der Waals surface area contributed by atoms with Crippen molar-refractivity contribution in [2.45, 2.75) is 77.9 Å². The van der Waals surface area contributed by atoms with Crippen LogP contribution in [0.4, 0.5) is 0 Å². The highest BCUT2D eigenvalue weighted by atomic mass is 16.5. The Morgan fingerprint density at radius 1 is 1.15 bits per heavy atom. The number of hydrogen-bond acceptors (Lipinski definition) is 6. The van der Waals surface area contributed by atoms with Crippen LogP contribution in [0.25, 0.3) is 0 Å². The van der Waals surface area contributed by atoms with E-state index in [0.717, 1.165) is 19.3 Å². The third-order valence-corrected chi connectivity index (χ3v) is 8.93. The van der Waals surface area contributed by atoms with Gasteiger partial charge in [0.2, 0.25) is 11.8 Å². The molecule has 4 atom stereocenters. The van der Waals surface area contributed by atoms with Crippen molar-refractivity contribution in [1.29, 1.82) is 0 Å². The molecule has 0 radical (unpaired) electrons. The molecule has 3 fully saturated rings. The van der Waals surface area contributed by atoms with Crippen LogP contribution in [-0.2, 0) is 25.5 Å². The number of aromatic hydroxyl groups is 2. The zero-order valence-corrected chi connectivity index (χ0v) is 20.3. The van der Waals surface area contributed by atoms with E-state index in [2.05, 4.69) is 26.1 Å². The van der Waals surface area contributed by atoms with Gasteiger partial charge in [-0.15, -0.1) is 0 Å². The van der Waals surface area contributed by atoms with E-state index in [1.165, 1.54) is 18.6 Å². The predicted octanol–water partition coefficient (Wildman–Crippen LogP) is 2.90. The van der Waals surface area contributed by atoms with Crippen LogP contribution in [0.5, 0.6) is 11.5 Å².